The maximum absolute atomic E-state index is 2.08. The molecule has 0 saturated heterocycles. The Hall–Kier alpha value is 0.800. The van der Waals surface area contributed by atoms with Crippen LogP contribution in [0.4, 0.5) is 0 Å². The van der Waals surface area contributed by atoms with E-state index in [1.54, 1.807) is 0 Å². The predicted molar refractivity (Wildman–Crippen MR) is 26.8 cm³/mol. The molecule has 0 nitrogen and oxygen atoms in total. The molecule has 0 aromatic heterocycles. The quantitative estimate of drug-likeness (QED) is 0.334. The van der Waals surface area contributed by atoms with Crippen molar-refractivity contribution in [2.75, 3.05) is 0 Å². The summed E-state index contributed by atoms with van der Waals surface area (Å²) < 4.78 is 0. The van der Waals surface area contributed by atoms with Gasteiger partial charge >= 0.3 is 0 Å². The van der Waals surface area contributed by atoms with Gasteiger partial charge in [0.05, 0.1) is 0 Å². The second kappa shape index (κ2) is 8.80. The van der Waals surface area contributed by atoms with E-state index in [0.29, 0.717) is 0 Å². The van der Waals surface area contributed by atoms with Gasteiger partial charge in [0.15, 0.2) is 0 Å². The minimum atomic E-state index is 0. The average Bonchev–Trinajstić information content (AvgIpc) is 1.86. The van der Waals surface area contributed by atoms with E-state index in [1.165, 1.54) is 5.56 Å². The molecule has 52 valence electrons. The fourth-order valence-corrected chi connectivity index (χ4v) is 0.470. The van der Waals surface area contributed by atoms with E-state index in [9.17, 15) is 0 Å². The number of hydrogen-bond acceptors (Lipinski definition) is 0. The molecule has 1 aromatic rings. The Bertz CT molecular complexity index is 115. The Labute approximate surface area is 87.0 Å². The third kappa shape index (κ3) is 6.69. The van der Waals surface area contributed by atoms with Gasteiger partial charge in [0.25, 0.3) is 0 Å². The van der Waals surface area contributed by atoms with Gasteiger partial charge in [0.1, 0.15) is 0 Å². The van der Waals surface area contributed by atoms with Crippen LogP contribution in [0.15, 0.2) is 24.3 Å². The van der Waals surface area contributed by atoms with E-state index in [1.807, 2.05) is 12.1 Å². The molecule has 0 radical (unpaired) electrons. The predicted octanol–water partition coefficient (Wildman–Crippen LogP) is -4.28. The smallest absolute Gasteiger partial charge is 0 e. The van der Waals surface area contributed by atoms with Gasteiger partial charge in [-0.1, -0.05) is 6.92 Å². The van der Waals surface area contributed by atoms with Crippen LogP contribution in [-0.2, 0) is 25.8 Å². The summed E-state index contributed by atoms with van der Waals surface area (Å²) in [4.78, 5) is 0. The summed E-state index contributed by atoms with van der Waals surface area (Å²) in [6, 6.07) is 8.24. The topological polar surface area (TPSA) is 0 Å². The van der Waals surface area contributed by atoms with Crippen molar-refractivity contribution in [3.05, 3.63) is 29.8 Å². The Balaban J connectivity index is -0.000000120. The molecule has 0 spiro atoms. The Morgan fingerprint density at radius 1 is 1.00 bits per heavy atom. The van der Waals surface area contributed by atoms with Crippen LogP contribution < -0.4 is 24.8 Å². The van der Waals surface area contributed by atoms with Crippen molar-refractivity contribution in [2.24, 2.45) is 0 Å². The molecule has 0 fully saturated rings. The van der Waals surface area contributed by atoms with Crippen molar-refractivity contribution in [3.63, 3.8) is 0 Å². The molecule has 0 amide bonds. The van der Waals surface area contributed by atoms with E-state index in [4.69, 9.17) is 0 Å². The second-order valence-electron chi connectivity index (χ2n) is 1.46. The van der Waals surface area contributed by atoms with Gasteiger partial charge in [0.2, 0.25) is 0 Å². The minimum absolute atomic E-state index is 0. The Morgan fingerprint density at radius 3 is 1.44 bits per heavy atom. The monoisotopic (exact) mass is 329 g/mol. The molecule has 0 aliphatic rings. The number of halogens is 2. The van der Waals surface area contributed by atoms with Crippen LogP contribution in [0.1, 0.15) is 5.56 Å². The van der Waals surface area contributed by atoms with Crippen LogP contribution in [0.5, 0.6) is 0 Å². The maximum atomic E-state index is 2.08. The summed E-state index contributed by atoms with van der Waals surface area (Å²) in [5.74, 6) is 0. The van der Waals surface area contributed by atoms with Crippen molar-refractivity contribution in [1.29, 1.82) is 0 Å². The maximum Gasteiger partial charge on any atom is 0 e. The van der Waals surface area contributed by atoms with E-state index in [0.717, 1.165) is 0 Å². The largest absolute Gasteiger partial charge is 1.00 e. The Kier molecular flexibility index (Phi) is 16.0. The SMILES string of the molecule is C[c-]1cccc1.[Cl-].[Cl-].[Hf]. The molecule has 0 atom stereocenters. The fourth-order valence-electron chi connectivity index (χ4n) is 0.470. The van der Waals surface area contributed by atoms with Crippen LogP contribution in [0.3, 0.4) is 0 Å². The van der Waals surface area contributed by atoms with Gasteiger partial charge in [-0.2, -0.15) is 17.7 Å². The van der Waals surface area contributed by atoms with Crippen LogP contribution in [-0.4, -0.2) is 0 Å². The van der Waals surface area contributed by atoms with Crippen molar-refractivity contribution in [2.45, 2.75) is 6.92 Å². The Morgan fingerprint density at radius 2 is 1.33 bits per heavy atom. The molecule has 0 N–H and O–H groups in total. The van der Waals surface area contributed by atoms with Gasteiger partial charge in [0, 0.05) is 25.8 Å². The standard InChI is InChI=1S/C6H7.2ClH.Hf/c1-6-4-2-3-5-6;;;/h2-5H,1H3;2*1H;/q-1;;;/p-2. The summed E-state index contributed by atoms with van der Waals surface area (Å²) in [5.41, 5.74) is 1.34. The van der Waals surface area contributed by atoms with Crippen molar-refractivity contribution < 1.29 is 50.7 Å². The molecule has 0 bridgehead atoms. The summed E-state index contributed by atoms with van der Waals surface area (Å²) in [6.45, 7) is 2.08. The van der Waals surface area contributed by atoms with E-state index < -0.39 is 0 Å². The third-order valence-corrected chi connectivity index (χ3v) is 0.829. The zero-order valence-electron chi connectivity index (χ0n) is 5.07. The molecule has 0 heterocycles. The van der Waals surface area contributed by atoms with Crippen molar-refractivity contribution in [1.82, 2.24) is 0 Å². The van der Waals surface area contributed by atoms with Gasteiger partial charge in [-0.15, -0.1) is 0 Å². The van der Waals surface area contributed by atoms with Gasteiger partial charge < -0.3 is 24.8 Å². The van der Waals surface area contributed by atoms with Crippen LogP contribution in [0, 0.1) is 6.92 Å². The van der Waals surface area contributed by atoms with Crippen LogP contribution >= 0.6 is 0 Å². The van der Waals surface area contributed by atoms with Gasteiger partial charge in [-0.3, -0.25) is 0 Å². The van der Waals surface area contributed by atoms with Crippen LogP contribution in [0.2, 0.25) is 0 Å². The van der Waals surface area contributed by atoms with Gasteiger partial charge in [-0.05, 0) is 0 Å². The summed E-state index contributed by atoms with van der Waals surface area (Å²) in [5, 5.41) is 0. The first-order valence-corrected chi connectivity index (χ1v) is 2.08. The molecule has 9 heavy (non-hydrogen) atoms. The first-order chi connectivity index (χ1) is 2.89. The van der Waals surface area contributed by atoms with Crippen LogP contribution in [0.25, 0.3) is 0 Å². The molecular formula is C6H7Cl2Hf-3. The van der Waals surface area contributed by atoms with E-state index in [-0.39, 0.29) is 50.7 Å². The molecule has 1 aromatic carbocycles. The molecule has 0 unspecified atom stereocenters. The minimum Gasteiger partial charge on any atom is -1.00 e. The van der Waals surface area contributed by atoms with E-state index in [2.05, 4.69) is 19.1 Å². The number of rotatable bonds is 0. The second-order valence-corrected chi connectivity index (χ2v) is 1.46. The fraction of sp³-hybridized carbons (Fsp3) is 0.167. The molecule has 1 rings (SSSR count). The molecular weight excluding hydrogens is 321 g/mol. The first-order valence-electron chi connectivity index (χ1n) is 2.08. The molecule has 0 aliphatic heterocycles. The summed E-state index contributed by atoms with van der Waals surface area (Å²) in [6.07, 6.45) is 0. The normalized spacial score (nSPS) is 5.89. The average molecular weight is 329 g/mol. The third-order valence-electron chi connectivity index (χ3n) is 0.829. The van der Waals surface area contributed by atoms with Crippen molar-refractivity contribution in [3.8, 4) is 0 Å². The number of aryl methyl sites for hydroxylation is 1. The summed E-state index contributed by atoms with van der Waals surface area (Å²) in [7, 11) is 0. The zero-order valence-corrected chi connectivity index (χ0v) is 10.2. The zero-order chi connectivity index (χ0) is 4.41. The van der Waals surface area contributed by atoms with Crippen molar-refractivity contribution >= 4 is 0 Å². The molecule has 0 aliphatic carbocycles. The summed E-state index contributed by atoms with van der Waals surface area (Å²) >= 11 is 0. The first kappa shape index (κ1) is 16.4. The van der Waals surface area contributed by atoms with Gasteiger partial charge in [-0.25, -0.2) is 12.1 Å². The molecule has 0 saturated carbocycles. The van der Waals surface area contributed by atoms with E-state index >= 15 is 0 Å². The molecule has 3 heteroatoms. The number of hydrogen-bond donors (Lipinski definition) is 0.